The van der Waals surface area contributed by atoms with Gasteiger partial charge in [0.2, 0.25) is 0 Å². The summed E-state index contributed by atoms with van der Waals surface area (Å²) in [6.07, 6.45) is 0.650. The van der Waals surface area contributed by atoms with E-state index in [4.69, 9.17) is 14.2 Å². The molecule has 1 heterocycles. The maximum Gasteiger partial charge on any atom is 0.317 e. The van der Waals surface area contributed by atoms with E-state index in [1.165, 1.54) is 0 Å². The molecule has 3 fully saturated rings. The molecule has 3 rings (SSSR count). The van der Waals surface area contributed by atoms with Crippen LogP contribution in [0.25, 0.3) is 0 Å². The highest BCUT2D eigenvalue weighted by Gasteiger charge is 2.67. The lowest BCUT2D eigenvalue weighted by Gasteiger charge is -2.33. The van der Waals surface area contributed by atoms with Crippen molar-refractivity contribution in [2.45, 2.75) is 18.6 Å². The Labute approximate surface area is 93.0 Å². The number of carbonyl (C=O) groups excluding carboxylic acids is 2. The number of rotatable bonds is 2. The van der Waals surface area contributed by atoms with Crippen LogP contribution >= 0.6 is 0 Å². The molecule has 5 nitrogen and oxygen atoms in total. The fourth-order valence-corrected chi connectivity index (χ4v) is 3.80. The van der Waals surface area contributed by atoms with Crippen LogP contribution in [0.3, 0.4) is 0 Å². The van der Waals surface area contributed by atoms with Gasteiger partial charge in [0.15, 0.2) is 0 Å². The molecule has 0 spiro atoms. The Morgan fingerprint density at radius 2 is 1.44 bits per heavy atom. The van der Waals surface area contributed by atoms with Crippen molar-refractivity contribution in [3.05, 3.63) is 0 Å². The zero-order valence-electron chi connectivity index (χ0n) is 9.21. The van der Waals surface area contributed by atoms with Crippen molar-refractivity contribution in [3.8, 4) is 0 Å². The molecule has 0 aromatic rings. The van der Waals surface area contributed by atoms with Gasteiger partial charge in [0.05, 0.1) is 24.0 Å². The predicted octanol–water partition coefficient (Wildman–Crippen LogP) is -0.0181. The van der Waals surface area contributed by atoms with Gasteiger partial charge >= 0.3 is 11.9 Å². The molecule has 6 unspecified atom stereocenters. The fourth-order valence-electron chi connectivity index (χ4n) is 3.80. The van der Waals surface area contributed by atoms with Crippen LogP contribution in [0.1, 0.15) is 6.42 Å². The molecular weight excluding hydrogens is 212 g/mol. The minimum atomic E-state index is -0.376. The quantitative estimate of drug-likeness (QED) is 0.489. The Hall–Kier alpha value is -0.940. The van der Waals surface area contributed by atoms with Crippen LogP contribution < -0.4 is 0 Å². The third kappa shape index (κ3) is 1.02. The van der Waals surface area contributed by atoms with Crippen LogP contribution in [0.4, 0.5) is 0 Å². The molecule has 88 valence electrons. The Kier molecular flexibility index (Phi) is 2.09. The summed E-state index contributed by atoms with van der Waals surface area (Å²) in [5.74, 6) is -1.20. The van der Waals surface area contributed by atoms with Gasteiger partial charge in [0, 0.05) is 26.1 Å². The van der Waals surface area contributed by atoms with Crippen LogP contribution in [0.2, 0.25) is 0 Å². The normalized spacial score (nSPS) is 49.6. The van der Waals surface area contributed by atoms with Gasteiger partial charge in [0.1, 0.15) is 0 Å². The van der Waals surface area contributed by atoms with E-state index in [0.29, 0.717) is 0 Å². The Morgan fingerprint density at radius 3 is 1.81 bits per heavy atom. The van der Waals surface area contributed by atoms with E-state index >= 15 is 0 Å². The lowest BCUT2D eigenvalue weighted by atomic mass is 9.78. The van der Waals surface area contributed by atoms with Gasteiger partial charge in [-0.1, -0.05) is 0 Å². The number of esters is 2. The summed E-state index contributed by atoms with van der Waals surface area (Å²) in [4.78, 5) is 23.1. The van der Waals surface area contributed by atoms with E-state index in [-0.39, 0.29) is 47.8 Å². The second kappa shape index (κ2) is 3.28. The standard InChI is InChI=1S/C11H14O5/c1-14-8-4-3-5(9(8)15-2)7-6(4)10(12)16-11(7)13/h4-9H,3H2,1-2H3. The third-order valence-electron chi connectivity index (χ3n) is 4.31. The molecule has 0 amide bonds. The van der Waals surface area contributed by atoms with Crippen molar-refractivity contribution < 1.29 is 23.8 Å². The molecule has 3 aliphatic rings. The minimum Gasteiger partial charge on any atom is -0.393 e. The molecular formula is C11H14O5. The average molecular weight is 226 g/mol. The van der Waals surface area contributed by atoms with E-state index in [9.17, 15) is 9.59 Å². The van der Waals surface area contributed by atoms with Crippen LogP contribution in [-0.4, -0.2) is 38.4 Å². The lowest BCUT2D eigenvalue weighted by Crippen LogP contribution is -2.45. The van der Waals surface area contributed by atoms with Crippen molar-refractivity contribution in [2.24, 2.45) is 23.7 Å². The van der Waals surface area contributed by atoms with Gasteiger partial charge < -0.3 is 14.2 Å². The molecule has 0 aromatic carbocycles. The molecule has 16 heavy (non-hydrogen) atoms. The number of carbonyl (C=O) groups is 2. The predicted molar refractivity (Wildman–Crippen MR) is 51.3 cm³/mol. The highest BCUT2D eigenvalue weighted by molar-refractivity contribution is 5.97. The van der Waals surface area contributed by atoms with Gasteiger partial charge in [-0.2, -0.15) is 0 Å². The van der Waals surface area contributed by atoms with Gasteiger partial charge in [-0.3, -0.25) is 9.59 Å². The molecule has 0 N–H and O–H groups in total. The maximum absolute atomic E-state index is 11.6. The van der Waals surface area contributed by atoms with Gasteiger partial charge in [-0.25, -0.2) is 0 Å². The number of methoxy groups -OCH3 is 2. The first-order valence-corrected chi connectivity index (χ1v) is 5.50. The van der Waals surface area contributed by atoms with Crippen molar-refractivity contribution in [1.82, 2.24) is 0 Å². The maximum atomic E-state index is 11.6. The first-order valence-electron chi connectivity index (χ1n) is 5.50. The van der Waals surface area contributed by atoms with Crippen LogP contribution in [0, 0.1) is 23.7 Å². The first kappa shape index (κ1) is 10.2. The molecule has 0 radical (unpaired) electrons. The monoisotopic (exact) mass is 226 g/mol. The van der Waals surface area contributed by atoms with Crippen molar-refractivity contribution >= 4 is 11.9 Å². The number of hydrogen-bond acceptors (Lipinski definition) is 5. The van der Waals surface area contributed by atoms with E-state index in [1.807, 2.05) is 0 Å². The second-order valence-corrected chi connectivity index (χ2v) is 4.76. The summed E-state index contributed by atoms with van der Waals surface area (Å²) in [6.45, 7) is 0. The molecule has 5 heteroatoms. The van der Waals surface area contributed by atoms with Gasteiger partial charge in [-0.15, -0.1) is 0 Å². The van der Waals surface area contributed by atoms with Crippen molar-refractivity contribution in [2.75, 3.05) is 14.2 Å². The van der Waals surface area contributed by atoms with Gasteiger partial charge in [0.25, 0.3) is 0 Å². The summed E-state index contributed by atoms with van der Waals surface area (Å²) in [7, 11) is 3.24. The first-order chi connectivity index (χ1) is 7.69. The lowest BCUT2D eigenvalue weighted by molar-refractivity contribution is -0.155. The fraction of sp³-hybridized carbons (Fsp3) is 0.818. The highest BCUT2D eigenvalue weighted by Crippen LogP contribution is 2.57. The molecule has 2 bridgehead atoms. The summed E-state index contributed by atoms with van der Waals surface area (Å²) in [6, 6.07) is 0. The smallest absolute Gasteiger partial charge is 0.317 e. The SMILES string of the molecule is COC1C2CC(C1OC)C1C(=O)OC(=O)C21. The summed E-state index contributed by atoms with van der Waals surface area (Å²) < 4.78 is 15.5. The summed E-state index contributed by atoms with van der Waals surface area (Å²) >= 11 is 0. The molecule has 1 aliphatic heterocycles. The molecule has 2 saturated carbocycles. The zero-order valence-corrected chi connectivity index (χ0v) is 9.21. The minimum absolute atomic E-state index is 0.0731. The Morgan fingerprint density at radius 1 is 1.00 bits per heavy atom. The topological polar surface area (TPSA) is 61.8 Å². The third-order valence-corrected chi connectivity index (χ3v) is 4.31. The summed E-state index contributed by atoms with van der Waals surface area (Å²) in [5.41, 5.74) is 0. The van der Waals surface area contributed by atoms with Crippen LogP contribution in [0.15, 0.2) is 0 Å². The Bertz CT molecular complexity index is 320. The zero-order chi connectivity index (χ0) is 11.4. The summed E-state index contributed by atoms with van der Waals surface area (Å²) in [5, 5.41) is 0. The van der Waals surface area contributed by atoms with E-state index < -0.39 is 0 Å². The highest BCUT2D eigenvalue weighted by atomic mass is 16.6. The molecule has 0 aromatic heterocycles. The number of hydrogen-bond donors (Lipinski definition) is 0. The van der Waals surface area contributed by atoms with Crippen LogP contribution in [0.5, 0.6) is 0 Å². The van der Waals surface area contributed by atoms with Crippen molar-refractivity contribution in [1.29, 1.82) is 0 Å². The van der Waals surface area contributed by atoms with E-state index in [2.05, 4.69) is 0 Å². The van der Waals surface area contributed by atoms with Crippen LogP contribution in [-0.2, 0) is 23.8 Å². The largest absolute Gasteiger partial charge is 0.393 e. The van der Waals surface area contributed by atoms with E-state index in [1.54, 1.807) is 14.2 Å². The Balaban J connectivity index is 1.96. The van der Waals surface area contributed by atoms with Crippen molar-refractivity contribution in [3.63, 3.8) is 0 Å². The molecule has 2 aliphatic carbocycles. The second-order valence-electron chi connectivity index (χ2n) is 4.76. The number of ether oxygens (including phenoxy) is 3. The van der Waals surface area contributed by atoms with E-state index in [0.717, 1.165) is 6.42 Å². The molecule has 1 saturated heterocycles. The average Bonchev–Trinajstić information content (AvgIpc) is 2.88. The number of fused-ring (bicyclic) bond motifs is 5. The molecule has 6 atom stereocenters. The van der Waals surface area contributed by atoms with Gasteiger partial charge in [-0.05, 0) is 6.42 Å². The number of cyclic esters (lactones) is 2.